The summed E-state index contributed by atoms with van der Waals surface area (Å²) in [5.74, 6) is 0. The van der Waals surface area contributed by atoms with Gasteiger partial charge in [0.25, 0.3) is 0 Å². The van der Waals surface area contributed by atoms with Gasteiger partial charge in [-0.25, -0.2) is 0 Å². The Morgan fingerprint density at radius 2 is 2.15 bits per heavy atom. The fraction of sp³-hybridized carbons (Fsp3) is 0.400. The zero-order valence-corrected chi connectivity index (χ0v) is 10.2. The SMILES string of the molecule is Cc1ccc(Br)cc1CN(C)CCl. The molecule has 13 heavy (non-hydrogen) atoms. The van der Waals surface area contributed by atoms with E-state index in [-0.39, 0.29) is 0 Å². The highest BCUT2D eigenvalue weighted by Gasteiger charge is 2.02. The average molecular weight is 263 g/mol. The number of alkyl halides is 1. The summed E-state index contributed by atoms with van der Waals surface area (Å²) in [4.78, 5) is 2.07. The minimum atomic E-state index is 0.561. The van der Waals surface area contributed by atoms with E-state index in [0.717, 1.165) is 11.0 Å². The lowest BCUT2D eigenvalue weighted by Crippen LogP contribution is -2.15. The summed E-state index contributed by atoms with van der Waals surface area (Å²) in [5.41, 5.74) is 2.62. The minimum absolute atomic E-state index is 0.561. The third kappa shape index (κ3) is 3.29. The Hall–Kier alpha value is -0.0500. The molecule has 0 saturated heterocycles. The van der Waals surface area contributed by atoms with Crippen molar-refractivity contribution in [1.82, 2.24) is 4.90 Å². The summed E-state index contributed by atoms with van der Waals surface area (Å²) < 4.78 is 1.12. The van der Waals surface area contributed by atoms with Crippen molar-refractivity contribution in [3.8, 4) is 0 Å². The van der Waals surface area contributed by atoms with Gasteiger partial charge in [-0.05, 0) is 37.2 Å². The smallest absolute Gasteiger partial charge is 0.0738 e. The topological polar surface area (TPSA) is 3.24 Å². The summed E-state index contributed by atoms with van der Waals surface area (Å²) in [6.45, 7) is 3.01. The lowest BCUT2D eigenvalue weighted by atomic mass is 10.1. The van der Waals surface area contributed by atoms with Gasteiger partial charge in [-0.15, -0.1) is 11.6 Å². The van der Waals surface area contributed by atoms with Gasteiger partial charge in [0.1, 0.15) is 0 Å². The van der Waals surface area contributed by atoms with Crippen molar-refractivity contribution in [2.24, 2.45) is 0 Å². The van der Waals surface area contributed by atoms with E-state index in [2.05, 4.69) is 46.0 Å². The van der Waals surface area contributed by atoms with E-state index in [4.69, 9.17) is 11.6 Å². The van der Waals surface area contributed by atoms with Crippen molar-refractivity contribution in [3.05, 3.63) is 33.8 Å². The predicted molar refractivity (Wildman–Crippen MR) is 61.1 cm³/mol. The molecule has 0 aromatic heterocycles. The van der Waals surface area contributed by atoms with Crippen LogP contribution in [0, 0.1) is 6.92 Å². The fourth-order valence-corrected chi connectivity index (χ4v) is 1.64. The lowest BCUT2D eigenvalue weighted by Gasteiger charge is -2.14. The average Bonchev–Trinajstić information content (AvgIpc) is 2.11. The van der Waals surface area contributed by atoms with Gasteiger partial charge in [-0.3, -0.25) is 4.90 Å². The van der Waals surface area contributed by atoms with Gasteiger partial charge in [0.15, 0.2) is 0 Å². The molecule has 1 rings (SSSR count). The third-order valence-corrected chi connectivity index (χ3v) is 2.86. The van der Waals surface area contributed by atoms with Crippen LogP contribution in [-0.4, -0.2) is 18.0 Å². The molecule has 0 spiro atoms. The van der Waals surface area contributed by atoms with Gasteiger partial charge in [0.05, 0.1) is 6.00 Å². The first-order valence-corrected chi connectivity index (χ1v) is 5.46. The first-order valence-electron chi connectivity index (χ1n) is 4.13. The molecule has 0 aliphatic rings. The standard InChI is InChI=1S/C10H13BrClN/c1-8-3-4-10(11)5-9(8)6-13(2)7-12/h3-5H,6-7H2,1-2H3. The summed E-state index contributed by atoms with van der Waals surface area (Å²) >= 11 is 9.16. The van der Waals surface area contributed by atoms with Crippen LogP contribution in [0.15, 0.2) is 22.7 Å². The first-order chi connectivity index (χ1) is 6.13. The molecule has 1 aromatic rings. The van der Waals surface area contributed by atoms with Gasteiger partial charge in [-0.1, -0.05) is 22.0 Å². The summed E-state index contributed by atoms with van der Waals surface area (Å²) in [7, 11) is 2.01. The van der Waals surface area contributed by atoms with Gasteiger partial charge in [0.2, 0.25) is 0 Å². The minimum Gasteiger partial charge on any atom is -0.289 e. The molecule has 0 N–H and O–H groups in total. The molecule has 3 heteroatoms. The van der Waals surface area contributed by atoms with Crippen molar-refractivity contribution < 1.29 is 0 Å². The van der Waals surface area contributed by atoms with E-state index < -0.39 is 0 Å². The van der Waals surface area contributed by atoms with Crippen LogP contribution in [-0.2, 0) is 6.54 Å². The Bertz CT molecular complexity index is 288. The molecule has 0 radical (unpaired) electrons. The Morgan fingerprint density at radius 3 is 2.77 bits per heavy atom. The molecule has 0 aliphatic heterocycles. The summed E-state index contributed by atoms with van der Waals surface area (Å²) in [6.07, 6.45) is 0. The molecule has 0 atom stereocenters. The summed E-state index contributed by atoms with van der Waals surface area (Å²) in [5, 5.41) is 0. The van der Waals surface area contributed by atoms with Crippen molar-refractivity contribution in [2.75, 3.05) is 13.1 Å². The monoisotopic (exact) mass is 261 g/mol. The molecule has 0 aliphatic carbocycles. The molecule has 0 fully saturated rings. The van der Waals surface area contributed by atoms with E-state index in [1.54, 1.807) is 0 Å². The Morgan fingerprint density at radius 1 is 1.46 bits per heavy atom. The predicted octanol–water partition coefficient (Wildman–Crippen LogP) is 3.39. The Balaban J connectivity index is 2.81. The van der Waals surface area contributed by atoms with Crippen LogP contribution >= 0.6 is 27.5 Å². The second kappa shape index (κ2) is 4.99. The van der Waals surface area contributed by atoms with Gasteiger partial charge >= 0.3 is 0 Å². The largest absolute Gasteiger partial charge is 0.289 e. The number of halogens is 2. The van der Waals surface area contributed by atoms with Crippen molar-refractivity contribution in [1.29, 1.82) is 0 Å². The molecule has 0 unspecified atom stereocenters. The van der Waals surface area contributed by atoms with Crippen molar-refractivity contribution in [3.63, 3.8) is 0 Å². The molecule has 1 aromatic carbocycles. The van der Waals surface area contributed by atoms with Crippen LogP contribution in [0.3, 0.4) is 0 Å². The van der Waals surface area contributed by atoms with Crippen LogP contribution in [0.1, 0.15) is 11.1 Å². The first kappa shape index (κ1) is 11.0. The highest BCUT2D eigenvalue weighted by molar-refractivity contribution is 9.10. The van der Waals surface area contributed by atoms with Crippen LogP contribution in [0.2, 0.25) is 0 Å². The second-order valence-corrected chi connectivity index (χ2v) is 4.36. The molecule has 0 bridgehead atoms. The highest BCUT2D eigenvalue weighted by atomic mass is 79.9. The molecule has 1 nitrogen and oxygen atoms in total. The van der Waals surface area contributed by atoms with E-state index in [9.17, 15) is 0 Å². The Kier molecular flexibility index (Phi) is 4.23. The van der Waals surface area contributed by atoms with Gasteiger partial charge < -0.3 is 0 Å². The molecule has 0 saturated carbocycles. The second-order valence-electron chi connectivity index (χ2n) is 3.20. The number of nitrogens with zero attached hydrogens (tertiary/aromatic N) is 1. The molecular formula is C10H13BrClN. The van der Waals surface area contributed by atoms with Crippen molar-refractivity contribution >= 4 is 27.5 Å². The fourth-order valence-electron chi connectivity index (χ4n) is 1.14. The number of benzene rings is 1. The van der Waals surface area contributed by atoms with Crippen molar-refractivity contribution in [2.45, 2.75) is 13.5 Å². The normalized spacial score (nSPS) is 10.8. The number of aryl methyl sites for hydroxylation is 1. The van der Waals surface area contributed by atoms with Gasteiger partial charge in [-0.2, -0.15) is 0 Å². The zero-order valence-electron chi connectivity index (χ0n) is 7.85. The maximum Gasteiger partial charge on any atom is 0.0738 e. The quantitative estimate of drug-likeness (QED) is 0.596. The molecule has 0 amide bonds. The van der Waals surface area contributed by atoms with E-state index >= 15 is 0 Å². The molecule has 0 heterocycles. The molecular weight excluding hydrogens is 249 g/mol. The van der Waals surface area contributed by atoms with E-state index in [0.29, 0.717) is 6.00 Å². The maximum atomic E-state index is 5.71. The third-order valence-electron chi connectivity index (χ3n) is 1.96. The van der Waals surface area contributed by atoms with E-state index in [1.807, 2.05) is 7.05 Å². The van der Waals surface area contributed by atoms with Crippen LogP contribution in [0.4, 0.5) is 0 Å². The highest BCUT2D eigenvalue weighted by Crippen LogP contribution is 2.17. The summed E-state index contributed by atoms with van der Waals surface area (Å²) in [6, 6.07) is 6.87. The van der Waals surface area contributed by atoms with Crippen LogP contribution in [0.25, 0.3) is 0 Å². The number of rotatable bonds is 3. The van der Waals surface area contributed by atoms with Gasteiger partial charge in [0, 0.05) is 11.0 Å². The van der Waals surface area contributed by atoms with Crippen LogP contribution < -0.4 is 0 Å². The Labute approximate surface area is 92.8 Å². The maximum absolute atomic E-state index is 5.71. The van der Waals surface area contributed by atoms with E-state index in [1.165, 1.54) is 11.1 Å². The molecule has 72 valence electrons. The lowest BCUT2D eigenvalue weighted by molar-refractivity contribution is 0.381. The number of hydrogen-bond acceptors (Lipinski definition) is 1. The number of hydrogen-bond donors (Lipinski definition) is 0. The van der Waals surface area contributed by atoms with Crippen LogP contribution in [0.5, 0.6) is 0 Å². The zero-order chi connectivity index (χ0) is 9.84.